The Hall–Kier alpha value is -1.48. The lowest BCUT2D eigenvalue weighted by atomic mass is 10.1. The van der Waals surface area contributed by atoms with Gasteiger partial charge < -0.3 is 14.9 Å². The number of hydrogen-bond donors (Lipinski definition) is 1. The lowest BCUT2D eigenvalue weighted by Gasteiger charge is -2.04. The molecular weight excluding hydrogens is 202 g/mol. The summed E-state index contributed by atoms with van der Waals surface area (Å²) in [6, 6.07) is 7.89. The molecule has 2 aromatic rings. The van der Waals surface area contributed by atoms with Gasteiger partial charge in [-0.2, -0.15) is 0 Å². The van der Waals surface area contributed by atoms with E-state index in [9.17, 15) is 0 Å². The van der Waals surface area contributed by atoms with Gasteiger partial charge in [-0.25, -0.2) is 0 Å². The Morgan fingerprint density at radius 3 is 2.88 bits per heavy atom. The molecule has 1 unspecified atom stereocenters. The first kappa shape index (κ1) is 9.73. The molecule has 1 aliphatic rings. The van der Waals surface area contributed by atoms with Crippen molar-refractivity contribution in [2.24, 2.45) is 11.7 Å². The average molecular weight is 217 g/mol. The number of ether oxygens (including phenoxy) is 1. The van der Waals surface area contributed by atoms with Crippen LogP contribution in [0.4, 0.5) is 0 Å². The molecule has 1 saturated carbocycles. The maximum absolute atomic E-state index is 6.11. The fourth-order valence-corrected chi connectivity index (χ4v) is 2.02. The van der Waals surface area contributed by atoms with Gasteiger partial charge >= 0.3 is 0 Å². The number of fused-ring (bicyclic) bond motifs is 1. The molecule has 0 bridgehead atoms. The van der Waals surface area contributed by atoms with E-state index in [2.05, 4.69) is 0 Å². The van der Waals surface area contributed by atoms with Crippen molar-refractivity contribution in [1.29, 1.82) is 0 Å². The third-order valence-corrected chi connectivity index (χ3v) is 3.20. The fraction of sp³-hybridized carbons (Fsp3) is 0.385. The number of nitrogens with two attached hydrogens (primary N) is 1. The van der Waals surface area contributed by atoms with Crippen LogP contribution in [0, 0.1) is 5.92 Å². The molecular formula is C13H15NO2. The van der Waals surface area contributed by atoms with Crippen LogP contribution in [0.25, 0.3) is 11.0 Å². The topological polar surface area (TPSA) is 48.4 Å². The van der Waals surface area contributed by atoms with E-state index in [4.69, 9.17) is 14.9 Å². The van der Waals surface area contributed by atoms with Crippen molar-refractivity contribution in [2.75, 3.05) is 7.11 Å². The van der Waals surface area contributed by atoms with Gasteiger partial charge in [-0.15, -0.1) is 0 Å². The largest absolute Gasteiger partial charge is 0.497 e. The predicted octanol–water partition coefficient (Wildman–Crippen LogP) is 2.85. The molecule has 1 heterocycles. The molecule has 0 spiro atoms. The molecule has 1 fully saturated rings. The van der Waals surface area contributed by atoms with E-state index in [1.165, 1.54) is 12.8 Å². The summed E-state index contributed by atoms with van der Waals surface area (Å²) in [6.45, 7) is 0. The standard InChI is InChI=1S/C13H15NO2/c1-15-10-4-5-11-9(6-10)7-12(16-11)13(14)8-2-3-8/h4-8,13H,2-3,14H2,1H3. The molecule has 0 saturated heterocycles. The SMILES string of the molecule is COc1ccc2oc(C(N)C3CC3)cc2c1. The van der Waals surface area contributed by atoms with Gasteiger partial charge in [0.2, 0.25) is 0 Å². The molecule has 2 N–H and O–H groups in total. The monoisotopic (exact) mass is 217 g/mol. The third kappa shape index (κ3) is 1.57. The maximum Gasteiger partial charge on any atom is 0.134 e. The summed E-state index contributed by atoms with van der Waals surface area (Å²) in [5.74, 6) is 2.35. The smallest absolute Gasteiger partial charge is 0.134 e. The zero-order chi connectivity index (χ0) is 11.1. The number of hydrogen-bond acceptors (Lipinski definition) is 3. The highest BCUT2D eigenvalue weighted by Gasteiger charge is 2.31. The lowest BCUT2D eigenvalue weighted by Crippen LogP contribution is -2.10. The number of benzene rings is 1. The summed E-state index contributed by atoms with van der Waals surface area (Å²) in [6.07, 6.45) is 2.45. The summed E-state index contributed by atoms with van der Waals surface area (Å²) in [5.41, 5.74) is 6.99. The first-order chi connectivity index (χ1) is 7.78. The van der Waals surface area contributed by atoms with Gasteiger partial charge in [0.05, 0.1) is 13.2 Å². The molecule has 16 heavy (non-hydrogen) atoms. The van der Waals surface area contributed by atoms with Gasteiger partial charge in [-0.05, 0) is 43.0 Å². The van der Waals surface area contributed by atoms with E-state index in [-0.39, 0.29) is 6.04 Å². The van der Waals surface area contributed by atoms with Crippen LogP contribution < -0.4 is 10.5 Å². The van der Waals surface area contributed by atoms with Crippen molar-refractivity contribution >= 4 is 11.0 Å². The Balaban J connectivity index is 2.01. The second kappa shape index (κ2) is 3.52. The average Bonchev–Trinajstić information content (AvgIpc) is 3.06. The fourth-order valence-electron chi connectivity index (χ4n) is 2.02. The van der Waals surface area contributed by atoms with Crippen molar-refractivity contribution in [2.45, 2.75) is 18.9 Å². The Bertz CT molecular complexity index is 514. The summed E-state index contributed by atoms with van der Waals surface area (Å²) < 4.78 is 10.9. The van der Waals surface area contributed by atoms with Crippen LogP contribution >= 0.6 is 0 Å². The van der Waals surface area contributed by atoms with Crippen LogP contribution in [0.3, 0.4) is 0 Å². The quantitative estimate of drug-likeness (QED) is 0.860. The van der Waals surface area contributed by atoms with E-state index in [0.29, 0.717) is 5.92 Å². The van der Waals surface area contributed by atoms with Crippen molar-refractivity contribution in [1.82, 2.24) is 0 Å². The minimum atomic E-state index is 0.0541. The highest BCUT2D eigenvalue weighted by atomic mass is 16.5. The highest BCUT2D eigenvalue weighted by Crippen LogP contribution is 2.41. The number of rotatable bonds is 3. The molecule has 1 atom stereocenters. The highest BCUT2D eigenvalue weighted by molar-refractivity contribution is 5.79. The molecule has 0 amide bonds. The minimum Gasteiger partial charge on any atom is -0.497 e. The van der Waals surface area contributed by atoms with Crippen LogP contribution in [-0.4, -0.2) is 7.11 Å². The zero-order valence-corrected chi connectivity index (χ0v) is 9.27. The van der Waals surface area contributed by atoms with Crippen LogP contribution in [0.15, 0.2) is 28.7 Å². The van der Waals surface area contributed by atoms with Gasteiger partial charge in [-0.3, -0.25) is 0 Å². The van der Waals surface area contributed by atoms with Gasteiger partial charge in [0.25, 0.3) is 0 Å². The summed E-state index contributed by atoms with van der Waals surface area (Å²) in [7, 11) is 1.66. The number of furan rings is 1. The predicted molar refractivity (Wildman–Crippen MR) is 62.4 cm³/mol. The second-order valence-corrected chi connectivity index (χ2v) is 4.42. The normalized spacial score (nSPS) is 17.6. The van der Waals surface area contributed by atoms with Gasteiger partial charge in [0.15, 0.2) is 0 Å². The number of methoxy groups -OCH3 is 1. The molecule has 3 heteroatoms. The summed E-state index contributed by atoms with van der Waals surface area (Å²) >= 11 is 0. The Kier molecular flexibility index (Phi) is 2.14. The van der Waals surface area contributed by atoms with Crippen LogP contribution in [0.2, 0.25) is 0 Å². The molecule has 3 rings (SSSR count). The first-order valence-electron chi connectivity index (χ1n) is 5.61. The van der Waals surface area contributed by atoms with E-state index >= 15 is 0 Å². The second-order valence-electron chi connectivity index (χ2n) is 4.42. The van der Waals surface area contributed by atoms with Crippen LogP contribution in [-0.2, 0) is 0 Å². The van der Waals surface area contributed by atoms with Crippen molar-refractivity contribution < 1.29 is 9.15 Å². The van der Waals surface area contributed by atoms with Crippen LogP contribution in [0.1, 0.15) is 24.6 Å². The Morgan fingerprint density at radius 1 is 1.38 bits per heavy atom. The molecule has 0 aliphatic heterocycles. The van der Waals surface area contributed by atoms with Gasteiger partial charge in [0.1, 0.15) is 17.1 Å². The summed E-state index contributed by atoms with van der Waals surface area (Å²) in [4.78, 5) is 0. The molecule has 1 aromatic carbocycles. The maximum atomic E-state index is 6.11. The molecule has 0 radical (unpaired) electrons. The Morgan fingerprint density at radius 2 is 2.19 bits per heavy atom. The van der Waals surface area contributed by atoms with E-state index in [0.717, 1.165) is 22.5 Å². The van der Waals surface area contributed by atoms with Crippen molar-refractivity contribution in [3.05, 3.63) is 30.0 Å². The van der Waals surface area contributed by atoms with Gasteiger partial charge in [0, 0.05) is 5.39 Å². The third-order valence-electron chi connectivity index (χ3n) is 3.20. The molecule has 3 nitrogen and oxygen atoms in total. The lowest BCUT2D eigenvalue weighted by molar-refractivity contribution is 0.415. The van der Waals surface area contributed by atoms with Crippen molar-refractivity contribution in [3.63, 3.8) is 0 Å². The first-order valence-corrected chi connectivity index (χ1v) is 5.61. The molecule has 1 aliphatic carbocycles. The van der Waals surface area contributed by atoms with Gasteiger partial charge in [-0.1, -0.05) is 0 Å². The van der Waals surface area contributed by atoms with Crippen molar-refractivity contribution in [3.8, 4) is 5.75 Å². The molecule has 84 valence electrons. The van der Waals surface area contributed by atoms with E-state index in [1.807, 2.05) is 24.3 Å². The molecule has 1 aromatic heterocycles. The minimum absolute atomic E-state index is 0.0541. The van der Waals surface area contributed by atoms with Crippen LogP contribution in [0.5, 0.6) is 5.75 Å². The summed E-state index contributed by atoms with van der Waals surface area (Å²) in [5, 5.41) is 1.06. The zero-order valence-electron chi connectivity index (χ0n) is 9.27. The van der Waals surface area contributed by atoms with E-state index < -0.39 is 0 Å². The Labute approximate surface area is 94.2 Å². The van der Waals surface area contributed by atoms with E-state index in [1.54, 1.807) is 7.11 Å².